The predicted octanol–water partition coefficient (Wildman–Crippen LogP) is 3.79. The molecule has 0 fully saturated rings. The zero-order valence-corrected chi connectivity index (χ0v) is 14.5. The minimum absolute atomic E-state index is 0.0882. The zero-order valence-electron chi connectivity index (χ0n) is 13.7. The number of halogens is 4. The molecule has 0 aliphatic rings. The predicted molar refractivity (Wildman–Crippen MR) is 91.7 cm³/mol. The van der Waals surface area contributed by atoms with Gasteiger partial charge in [-0.15, -0.1) is 0 Å². The molecule has 0 radical (unpaired) electrons. The van der Waals surface area contributed by atoms with Gasteiger partial charge in [0, 0.05) is 6.54 Å². The van der Waals surface area contributed by atoms with Gasteiger partial charge in [-0.3, -0.25) is 9.59 Å². The smallest absolute Gasteiger partial charge is 0.350 e. The summed E-state index contributed by atoms with van der Waals surface area (Å²) in [6.45, 7) is 1.38. The van der Waals surface area contributed by atoms with E-state index >= 15 is 0 Å². The summed E-state index contributed by atoms with van der Waals surface area (Å²) in [6.07, 6.45) is -4.45. The Kier molecular flexibility index (Phi) is 6.26. The fourth-order valence-electron chi connectivity index (χ4n) is 2.19. The molecule has 138 valence electrons. The second-order valence-electron chi connectivity index (χ2n) is 5.59. The highest BCUT2D eigenvalue weighted by atomic mass is 35.5. The number of hydrogen-bond acceptors (Lipinski definition) is 2. The van der Waals surface area contributed by atoms with Crippen LogP contribution in [0.5, 0.6) is 0 Å². The van der Waals surface area contributed by atoms with E-state index in [2.05, 4.69) is 10.6 Å². The molecule has 0 bridgehead atoms. The van der Waals surface area contributed by atoms with E-state index in [1.54, 1.807) is 18.2 Å². The summed E-state index contributed by atoms with van der Waals surface area (Å²) in [4.78, 5) is 24.2. The van der Waals surface area contributed by atoms with Crippen LogP contribution in [-0.2, 0) is 17.5 Å². The van der Waals surface area contributed by atoms with Crippen LogP contribution in [0.15, 0.2) is 48.5 Å². The third kappa shape index (κ3) is 5.23. The maximum Gasteiger partial charge on any atom is 0.416 e. The Labute approximate surface area is 153 Å². The SMILES string of the molecule is C[C@@H](NC(=O)c1ccccc1Cl)C(=O)NCc1cccc(C(F)(F)F)c1. The van der Waals surface area contributed by atoms with Crippen LogP contribution >= 0.6 is 11.6 Å². The Balaban J connectivity index is 1.94. The van der Waals surface area contributed by atoms with Crippen molar-refractivity contribution in [3.8, 4) is 0 Å². The summed E-state index contributed by atoms with van der Waals surface area (Å²) in [5.74, 6) is -1.04. The number of amides is 2. The molecule has 2 rings (SSSR count). The number of nitrogens with one attached hydrogen (secondary N) is 2. The lowest BCUT2D eigenvalue weighted by molar-refractivity contribution is -0.137. The fraction of sp³-hybridized carbons (Fsp3) is 0.222. The van der Waals surface area contributed by atoms with Gasteiger partial charge in [-0.25, -0.2) is 0 Å². The number of carbonyl (C=O) groups excluding carboxylic acids is 2. The summed E-state index contributed by atoms with van der Waals surface area (Å²) in [7, 11) is 0. The van der Waals surface area contributed by atoms with Gasteiger partial charge in [0.05, 0.1) is 16.1 Å². The van der Waals surface area contributed by atoms with Crippen LogP contribution in [0.1, 0.15) is 28.4 Å². The van der Waals surface area contributed by atoms with Crippen molar-refractivity contribution in [1.29, 1.82) is 0 Å². The van der Waals surface area contributed by atoms with E-state index in [9.17, 15) is 22.8 Å². The third-order valence-corrected chi connectivity index (χ3v) is 3.91. The average molecular weight is 385 g/mol. The topological polar surface area (TPSA) is 58.2 Å². The van der Waals surface area contributed by atoms with Crippen molar-refractivity contribution in [2.24, 2.45) is 0 Å². The molecule has 0 spiro atoms. The minimum atomic E-state index is -4.45. The second kappa shape index (κ2) is 8.23. The largest absolute Gasteiger partial charge is 0.416 e. The van der Waals surface area contributed by atoms with Crippen LogP contribution in [0.4, 0.5) is 13.2 Å². The van der Waals surface area contributed by atoms with Crippen molar-refractivity contribution < 1.29 is 22.8 Å². The van der Waals surface area contributed by atoms with E-state index in [4.69, 9.17) is 11.6 Å². The zero-order chi connectivity index (χ0) is 19.3. The first-order valence-corrected chi connectivity index (χ1v) is 8.05. The summed E-state index contributed by atoms with van der Waals surface area (Å²) >= 11 is 5.92. The molecule has 0 saturated carbocycles. The molecule has 1 atom stereocenters. The lowest BCUT2D eigenvalue weighted by atomic mass is 10.1. The van der Waals surface area contributed by atoms with Crippen molar-refractivity contribution in [1.82, 2.24) is 10.6 Å². The first-order chi connectivity index (χ1) is 12.2. The molecule has 0 aliphatic heterocycles. The van der Waals surface area contributed by atoms with Crippen molar-refractivity contribution in [2.75, 3.05) is 0 Å². The first-order valence-electron chi connectivity index (χ1n) is 7.67. The van der Waals surface area contributed by atoms with Gasteiger partial charge in [-0.2, -0.15) is 13.2 Å². The molecule has 26 heavy (non-hydrogen) atoms. The number of carbonyl (C=O) groups is 2. The van der Waals surface area contributed by atoms with E-state index in [0.717, 1.165) is 12.1 Å². The standard InChI is InChI=1S/C18H16ClF3N2O2/c1-11(24-17(26)14-7-2-3-8-15(14)19)16(25)23-10-12-5-4-6-13(9-12)18(20,21)22/h2-9,11H,10H2,1H3,(H,23,25)(H,24,26)/t11-/m1/s1. The van der Waals surface area contributed by atoms with E-state index in [0.29, 0.717) is 5.56 Å². The van der Waals surface area contributed by atoms with Gasteiger partial charge in [0.25, 0.3) is 5.91 Å². The van der Waals surface area contributed by atoms with Crippen LogP contribution in [0.25, 0.3) is 0 Å². The van der Waals surface area contributed by atoms with E-state index < -0.39 is 29.6 Å². The van der Waals surface area contributed by atoms with Crippen molar-refractivity contribution in [3.63, 3.8) is 0 Å². The molecule has 2 aromatic carbocycles. The molecule has 8 heteroatoms. The third-order valence-electron chi connectivity index (χ3n) is 3.58. The number of benzene rings is 2. The first kappa shape index (κ1) is 19.8. The summed E-state index contributed by atoms with van der Waals surface area (Å²) in [6, 6.07) is 10.2. The van der Waals surface area contributed by atoms with Gasteiger partial charge in [0.1, 0.15) is 6.04 Å². The van der Waals surface area contributed by atoms with Crippen LogP contribution in [0.2, 0.25) is 5.02 Å². The second-order valence-corrected chi connectivity index (χ2v) is 6.00. The molecular formula is C18H16ClF3N2O2. The van der Waals surface area contributed by atoms with Crippen LogP contribution in [-0.4, -0.2) is 17.9 Å². The Bertz CT molecular complexity index is 809. The van der Waals surface area contributed by atoms with E-state index in [1.807, 2.05) is 0 Å². The minimum Gasteiger partial charge on any atom is -0.350 e. The molecule has 2 N–H and O–H groups in total. The molecule has 0 heterocycles. The van der Waals surface area contributed by atoms with Gasteiger partial charge in [0.2, 0.25) is 5.91 Å². The molecule has 0 saturated heterocycles. The Morgan fingerprint density at radius 3 is 2.46 bits per heavy atom. The highest BCUT2D eigenvalue weighted by Gasteiger charge is 2.30. The maximum absolute atomic E-state index is 12.7. The highest BCUT2D eigenvalue weighted by Crippen LogP contribution is 2.29. The highest BCUT2D eigenvalue weighted by molar-refractivity contribution is 6.33. The fourth-order valence-corrected chi connectivity index (χ4v) is 2.41. The van der Waals surface area contributed by atoms with E-state index in [-0.39, 0.29) is 17.1 Å². The van der Waals surface area contributed by atoms with Gasteiger partial charge in [-0.1, -0.05) is 35.9 Å². The Hall–Kier alpha value is -2.54. The van der Waals surface area contributed by atoms with Crippen molar-refractivity contribution in [3.05, 3.63) is 70.2 Å². The Morgan fingerprint density at radius 1 is 1.12 bits per heavy atom. The van der Waals surface area contributed by atoms with Crippen LogP contribution in [0, 0.1) is 0 Å². The van der Waals surface area contributed by atoms with Gasteiger partial charge in [-0.05, 0) is 36.8 Å². The molecule has 2 amide bonds. The Morgan fingerprint density at radius 2 is 1.81 bits per heavy atom. The summed E-state index contributed by atoms with van der Waals surface area (Å²) in [5, 5.41) is 5.24. The van der Waals surface area contributed by atoms with Crippen LogP contribution < -0.4 is 10.6 Å². The molecule has 0 aromatic heterocycles. The van der Waals surface area contributed by atoms with Gasteiger partial charge >= 0.3 is 6.18 Å². The summed E-state index contributed by atoms with van der Waals surface area (Å²) < 4.78 is 38.1. The van der Waals surface area contributed by atoms with Crippen LogP contribution in [0.3, 0.4) is 0 Å². The average Bonchev–Trinajstić information content (AvgIpc) is 2.59. The maximum atomic E-state index is 12.7. The monoisotopic (exact) mass is 384 g/mol. The van der Waals surface area contributed by atoms with Crippen molar-refractivity contribution >= 4 is 23.4 Å². The molecule has 2 aromatic rings. The molecule has 0 aliphatic carbocycles. The molecular weight excluding hydrogens is 369 g/mol. The van der Waals surface area contributed by atoms with Crippen molar-refractivity contribution in [2.45, 2.75) is 25.7 Å². The normalized spacial score (nSPS) is 12.3. The quantitative estimate of drug-likeness (QED) is 0.824. The lowest BCUT2D eigenvalue weighted by Crippen LogP contribution is -2.44. The molecule has 4 nitrogen and oxygen atoms in total. The number of hydrogen-bond donors (Lipinski definition) is 2. The van der Waals surface area contributed by atoms with Gasteiger partial charge < -0.3 is 10.6 Å². The lowest BCUT2D eigenvalue weighted by Gasteiger charge is -2.15. The van der Waals surface area contributed by atoms with E-state index in [1.165, 1.54) is 25.1 Å². The van der Waals surface area contributed by atoms with Gasteiger partial charge in [0.15, 0.2) is 0 Å². The number of alkyl halides is 3. The molecule has 0 unspecified atom stereocenters. The number of rotatable bonds is 5. The summed E-state index contributed by atoms with van der Waals surface area (Å²) in [5.41, 5.74) is -0.256.